The summed E-state index contributed by atoms with van der Waals surface area (Å²) < 4.78 is 0. The third-order valence-corrected chi connectivity index (χ3v) is 3.87. The number of nitriles is 1. The van der Waals surface area contributed by atoms with Crippen LogP contribution in [0.15, 0.2) is 0 Å². The molecule has 1 aliphatic rings. The third-order valence-electron chi connectivity index (χ3n) is 2.85. The van der Waals surface area contributed by atoms with Gasteiger partial charge in [-0.15, -0.1) is 11.8 Å². The Morgan fingerprint density at radius 3 is 2.63 bits per heavy atom. The van der Waals surface area contributed by atoms with Gasteiger partial charge in [-0.25, -0.2) is 0 Å². The molecule has 0 saturated carbocycles. The van der Waals surface area contributed by atoms with Gasteiger partial charge in [0.1, 0.15) is 12.6 Å². The number of thioether (sulfide) groups is 1. The molecule has 1 rings (SSSR count). The lowest BCUT2D eigenvalue weighted by atomic mass is 9.91. The first-order chi connectivity index (χ1) is 8.76. The van der Waals surface area contributed by atoms with Crippen molar-refractivity contribution in [2.45, 2.75) is 33.2 Å². The summed E-state index contributed by atoms with van der Waals surface area (Å²) in [6.45, 7) is 6.08. The Morgan fingerprint density at radius 1 is 1.47 bits per heavy atom. The minimum Gasteiger partial charge on any atom is -0.331 e. The van der Waals surface area contributed by atoms with E-state index >= 15 is 0 Å². The van der Waals surface area contributed by atoms with E-state index in [4.69, 9.17) is 5.26 Å². The summed E-state index contributed by atoms with van der Waals surface area (Å²) >= 11 is 1.58. The third kappa shape index (κ3) is 4.43. The highest BCUT2D eigenvalue weighted by Crippen LogP contribution is 2.27. The molecule has 0 aliphatic carbocycles. The summed E-state index contributed by atoms with van der Waals surface area (Å²) in [7, 11) is 1.60. The molecule has 0 spiro atoms. The van der Waals surface area contributed by atoms with Crippen LogP contribution in [0.3, 0.4) is 0 Å². The molecule has 6 heteroatoms. The summed E-state index contributed by atoms with van der Waals surface area (Å²) in [4.78, 5) is 27.4. The lowest BCUT2D eigenvalue weighted by Crippen LogP contribution is -2.48. The van der Waals surface area contributed by atoms with E-state index < -0.39 is 6.04 Å². The molecule has 2 amide bonds. The van der Waals surface area contributed by atoms with Crippen molar-refractivity contribution in [3.8, 4) is 6.07 Å². The summed E-state index contributed by atoms with van der Waals surface area (Å²) in [6.07, 6.45) is 0.430. The van der Waals surface area contributed by atoms with Crippen molar-refractivity contribution >= 4 is 23.6 Å². The molecule has 0 radical (unpaired) electrons. The fourth-order valence-electron chi connectivity index (χ4n) is 1.89. The van der Waals surface area contributed by atoms with Crippen LogP contribution in [0.2, 0.25) is 0 Å². The van der Waals surface area contributed by atoms with Gasteiger partial charge in [-0.3, -0.25) is 9.59 Å². The molecular formula is C13H21N3O2S. The van der Waals surface area contributed by atoms with Gasteiger partial charge in [0, 0.05) is 19.2 Å². The maximum atomic E-state index is 12.2. The highest BCUT2D eigenvalue weighted by molar-refractivity contribution is 7.99. The van der Waals surface area contributed by atoms with Gasteiger partial charge in [0.05, 0.1) is 11.9 Å². The molecule has 5 nitrogen and oxygen atoms in total. The predicted molar refractivity (Wildman–Crippen MR) is 75.3 cm³/mol. The summed E-state index contributed by atoms with van der Waals surface area (Å²) in [5.41, 5.74) is -0.0868. The summed E-state index contributed by atoms with van der Waals surface area (Å²) in [6, 6.07) is 1.53. The minimum absolute atomic E-state index is 0.0150. The van der Waals surface area contributed by atoms with Crippen LogP contribution in [0, 0.1) is 16.7 Å². The number of hydrogen-bond donors (Lipinski definition) is 0. The van der Waals surface area contributed by atoms with E-state index in [1.54, 1.807) is 23.7 Å². The van der Waals surface area contributed by atoms with E-state index in [1.165, 1.54) is 4.90 Å². The Kier molecular flexibility index (Phi) is 5.24. The van der Waals surface area contributed by atoms with Gasteiger partial charge < -0.3 is 9.80 Å². The Morgan fingerprint density at radius 2 is 2.11 bits per heavy atom. The van der Waals surface area contributed by atoms with E-state index in [0.717, 1.165) is 0 Å². The second-order valence-electron chi connectivity index (χ2n) is 5.97. The second-order valence-corrected chi connectivity index (χ2v) is 6.97. The number of carbonyl (C=O) groups excluding carboxylic acids is 2. The lowest BCUT2D eigenvalue weighted by Gasteiger charge is -2.28. The van der Waals surface area contributed by atoms with E-state index in [9.17, 15) is 9.59 Å². The van der Waals surface area contributed by atoms with Crippen molar-refractivity contribution in [1.29, 1.82) is 5.26 Å². The molecule has 0 unspecified atom stereocenters. The standard InChI is InChI=1S/C13H21N3O2S/c1-13(2,3)7-11(17)16-9-19-8-10(16)12(18)15(4)6-5-14/h10H,6-9H2,1-4H3/t10-/m1/s1. The van der Waals surface area contributed by atoms with Crippen molar-refractivity contribution < 1.29 is 9.59 Å². The Hall–Kier alpha value is -1.22. The summed E-state index contributed by atoms with van der Waals surface area (Å²) in [5.74, 6) is 1.05. The maximum Gasteiger partial charge on any atom is 0.246 e. The molecule has 1 saturated heterocycles. The zero-order valence-electron chi connectivity index (χ0n) is 12.0. The molecular weight excluding hydrogens is 262 g/mol. The Labute approximate surface area is 118 Å². The average Bonchev–Trinajstić information content (AvgIpc) is 2.74. The monoisotopic (exact) mass is 283 g/mol. The van der Waals surface area contributed by atoms with Crippen LogP contribution in [0.5, 0.6) is 0 Å². The van der Waals surface area contributed by atoms with Crippen molar-refractivity contribution in [3.05, 3.63) is 0 Å². The van der Waals surface area contributed by atoms with Crippen LogP contribution in [0.25, 0.3) is 0 Å². The van der Waals surface area contributed by atoms with Crippen LogP contribution in [-0.2, 0) is 9.59 Å². The first kappa shape index (κ1) is 15.8. The van der Waals surface area contributed by atoms with Crippen LogP contribution >= 0.6 is 11.8 Å². The number of likely N-dealkylation sites (N-methyl/N-ethyl adjacent to an activating group) is 1. The predicted octanol–water partition coefficient (Wildman–Crippen LogP) is 1.31. The van der Waals surface area contributed by atoms with E-state index in [-0.39, 0.29) is 23.8 Å². The van der Waals surface area contributed by atoms with E-state index in [2.05, 4.69) is 0 Å². The second kappa shape index (κ2) is 6.29. The van der Waals surface area contributed by atoms with Gasteiger partial charge in [-0.1, -0.05) is 20.8 Å². The number of rotatable bonds is 3. The topological polar surface area (TPSA) is 64.4 Å². The molecule has 0 bridgehead atoms. The maximum absolute atomic E-state index is 12.2. The fraction of sp³-hybridized carbons (Fsp3) is 0.769. The van der Waals surface area contributed by atoms with Crippen LogP contribution in [0.1, 0.15) is 27.2 Å². The van der Waals surface area contributed by atoms with E-state index in [0.29, 0.717) is 18.1 Å². The normalized spacial score (nSPS) is 19.1. The number of nitrogens with zero attached hydrogens (tertiary/aromatic N) is 3. The first-order valence-corrected chi connectivity index (χ1v) is 7.41. The molecule has 0 aromatic heterocycles. The van der Waals surface area contributed by atoms with Crippen LogP contribution in [-0.4, -0.2) is 52.9 Å². The molecule has 19 heavy (non-hydrogen) atoms. The molecule has 0 N–H and O–H groups in total. The van der Waals surface area contributed by atoms with Crippen LogP contribution < -0.4 is 0 Å². The molecule has 1 fully saturated rings. The van der Waals surface area contributed by atoms with Gasteiger partial charge in [0.25, 0.3) is 0 Å². The summed E-state index contributed by atoms with van der Waals surface area (Å²) in [5, 5.41) is 8.63. The minimum atomic E-state index is -0.418. The highest BCUT2D eigenvalue weighted by atomic mass is 32.2. The quantitative estimate of drug-likeness (QED) is 0.733. The smallest absolute Gasteiger partial charge is 0.246 e. The molecule has 0 aromatic carbocycles. The van der Waals surface area contributed by atoms with Crippen LogP contribution in [0.4, 0.5) is 0 Å². The van der Waals surface area contributed by atoms with Crippen molar-refractivity contribution in [2.24, 2.45) is 5.41 Å². The molecule has 1 heterocycles. The molecule has 0 aromatic rings. The highest BCUT2D eigenvalue weighted by Gasteiger charge is 2.37. The first-order valence-electron chi connectivity index (χ1n) is 6.25. The van der Waals surface area contributed by atoms with Gasteiger partial charge in [-0.2, -0.15) is 5.26 Å². The zero-order chi connectivity index (χ0) is 14.6. The van der Waals surface area contributed by atoms with Gasteiger partial charge in [-0.05, 0) is 5.41 Å². The van der Waals surface area contributed by atoms with Crippen molar-refractivity contribution in [2.75, 3.05) is 25.2 Å². The molecule has 106 valence electrons. The lowest BCUT2D eigenvalue weighted by molar-refractivity contribution is -0.143. The van der Waals surface area contributed by atoms with Crippen molar-refractivity contribution in [3.63, 3.8) is 0 Å². The van der Waals surface area contributed by atoms with Gasteiger partial charge >= 0.3 is 0 Å². The van der Waals surface area contributed by atoms with Gasteiger partial charge in [0.15, 0.2) is 0 Å². The number of carbonyl (C=O) groups is 2. The number of amides is 2. The van der Waals surface area contributed by atoms with Gasteiger partial charge in [0.2, 0.25) is 11.8 Å². The average molecular weight is 283 g/mol. The zero-order valence-corrected chi connectivity index (χ0v) is 12.8. The Bertz CT molecular complexity index is 398. The number of hydrogen-bond acceptors (Lipinski definition) is 4. The van der Waals surface area contributed by atoms with E-state index in [1.807, 2.05) is 26.8 Å². The largest absolute Gasteiger partial charge is 0.331 e. The molecule has 1 aliphatic heterocycles. The Balaban J connectivity index is 2.71. The SMILES string of the molecule is CN(CC#N)C(=O)[C@H]1CSCN1C(=O)CC(C)(C)C. The van der Waals surface area contributed by atoms with Crippen molar-refractivity contribution in [1.82, 2.24) is 9.80 Å². The fourth-order valence-corrected chi connectivity index (χ4v) is 3.06. The molecule has 1 atom stereocenters.